The molecule has 0 atom stereocenters. The predicted octanol–water partition coefficient (Wildman–Crippen LogP) is 5.53. The van der Waals surface area contributed by atoms with Crippen molar-refractivity contribution < 1.29 is 18.7 Å². The molecule has 0 bridgehead atoms. The van der Waals surface area contributed by atoms with E-state index in [-0.39, 0.29) is 22.9 Å². The first-order valence-corrected chi connectivity index (χ1v) is 10.9. The molecule has 2 aromatic heterocycles. The summed E-state index contributed by atoms with van der Waals surface area (Å²) in [6, 6.07) is 6.52. The first-order valence-electron chi connectivity index (χ1n) is 10.5. The lowest BCUT2D eigenvalue weighted by Gasteiger charge is -2.39. The monoisotopic (exact) mass is 470 g/mol. The van der Waals surface area contributed by atoms with Gasteiger partial charge in [-0.3, -0.25) is 4.98 Å². The Hall–Kier alpha value is -3.26. The zero-order chi connectivity index (χ0) is 23.6. The number of hydrogen-bond donors (Lipinski definition) is 0. The van der Waals surface area contributed by atoms with Crippen LogP contribution in [0.4, 0.5) is 9.18 Å². The molecule has 1 saturated heterocycles. The van der Waals surface area contributed by atoms with Gasteiger partial charge in [-0.1, -0.05) is 17.7 Å². The van der Waals surface area contributed by atoms with E-state index >= 15 is 0 Å². The fraction of sp³-hybridized carbons (Fsp3) is 0.333. The standard InChI is InChI=1S/C24H24ClFN4O3/c1-24(2,3)33-23(31)30-13-16(14-30)7-15-8-17(10-27-9-15)18-11-28-22(29-12-18)32-20-6-4-5-19(25)21(20)26/h4-6,8-12,16H,7,13-14H2,1-3H3. The Morgan fingerprint density at radius 3 is 2.58 bits per heavy atom. The maximum atomic E-state index is 14.0. The van der Waals surface area contributed by atoms with Gasteiger partial charge in [0, 0.05) is 49.0 Å². The third kappa shape index (κ3) is 5.76. The Kier molecular flexibility index (Phi) is 6.47. The number of halogens is 2. The van der Waals surface area contributed by atoms with Gasteiger partial charge in [0.15, 0.2) is 11.6 Å². The molecular formula is C24H24ClFN4O3. The first-order chi connectivity index (χ1) is 15.7. The number of aromatic nitrogens is 3. The molecule has 0 spiro atoms. The molecule has 0 aliphatic carbocycles. The number of pyridine rings is 1. The maximum absolute atomic E-state index is 14.0. The van der Waals surface area contributed by atoms with Crippen molar-refractivity contribution in [2.75, 3.05) is 13.1 Å². The molecule has 1 aliphatic rings. The average Bonchev–Trinajstić information content (AvgIpc) is 2.73. The number of ether oxygens (including phenoxy) is 2. The summed E-state index contributed by atoms with van der Waals surface area (Å²) >= 11 is 5.77. The molecule has 172 valence electrons. The van der Waals surface area contributed by atoms with Gasteiger partial charge in [0.05, 0.1) is 5.02 Å². The van der Waals surface area contributed by atoms with E-state index in [9.17, 15) is 9.18 Å². The predicted molar refractivity (Wildman–Crippen MR) is 122 cm³/mol. The molecule has 3 heterocycles. The Morgan fingerprint density at radius 1 is 1.15 bits per heavy atom. The smallest absolute Gasteiger partial charge is 0.410 e. The largest absolute Gasteiger partial charge is 0.444 e. The minimum atomic E-state index is -0.662. The van der Waals surface area contributed by atoms with Crippen LogP contribution in [-0.4, -0.2) is 44.6 Å². The van der Waals surface area contributed by atoms with E-state index in [1.54, 1.807) is 29.6 Å². The van der Waals surface area contributed by atoms with E-state index in [4.69, 9.17) is 21.1 Å². The molecule has 4 rings (SSSR count). The SMILES string of the molecule is CC(C)(C)OC(=O)N1CC(Cc2cncc(-c3cnc(Oc4cccc(Cl)c4F)nc3)c2)C1. The second kappa shape index (κ2) is 9.31. The Morgan fingerprint density at radius 2 is 1.88 bits per heavy atom. The van der Waals surface area contributed by atoms with Crippen LogP contribution in [-0.2, 0) is 11.2 Å². The van der Waals surface area contributed by atoms with Crippen LogP contribution in [0.2, 0.25) is 5.02 Å². The van der Waals surface area contributed by atoms with Crippen LogP contribution in [0.5, 0.6) is 11.8 Å². The van der Waals surface area contributed by atoms with E-state index in [0.29, 0.717) is 19.0 Å². The number of nitrogens with zero attached hydrogens (tertiary/aromatic N) is 4. The number of likely N-dealkylation sites (tertiary alicyclic amines) is 1. The van der Waals surface area contributed by atoms with Gasteiger partial charge >= 0.3 is 12.1 Å². The molecular weight excluding hydrogens is 447 g/mol. The number of carbonyl (C=O) groups excluding carboxylic acids is 1. The summed E-state index contributed by atoms with van der Waals surface area (Å²) in [6.07, 6.45) is 7.27. The molecule has 1 aromatic carbocycles. The molecule has 0 N–H and O–H groups in total. The summed E-state index contributed by atoms with van der Waals surface area (Å²) in [4.78, 5) is 26.5. The van der Waals surface area contributed by atoms with Crippen LogP contribution in [0, 0.1) is 11.7 Å². The molecule has 33 heavy (non-hydrogen) atoms. The second-order valence-corrected chi connectivity index (χ2v) is 9.35. The van der Waals surface area contributed by atoms with Crippen molar-refractivity contribution in [2.24, 2.45) is 5.92 Å². The van der Waals surface area contributed by atoms with Crippen LogP contribution >= 0.6 is 11.6 Å². The molecule has 3 aromatic rings. The summed E-state index contributed by atoms with van der Waals surface area (Å²) in [5.74, 6) is -0.348. The van der Waals surface area contributed by atoms with Gasteiger partial charge in [-0.15, -0.1) is 0 Å². The quantitative estimate of drug-likeness (QED) is 0.487. The summed E-state index contributed by atoms with van der Waals surface area (Å²) in [5.41, 5.74) is 2.18. The van der Waals surface area contributed by atoms with Gasteiger partial charge in [-0.25, -0.2) is 19.2 Å². The van der Waals surface area contributed by atoms with E-state index in [2.05, 4.69) is 15.0 Å². The van der Waals surface area contributed by atoms with Crippen molar-refractivity contribution in [2.45, 2.75) is 32.8 Å². The normalized spacial score (nSPS) is 14.0. The summed E-state index contributed by atoms with van der Waals surface area (Å²) < 4.78 is 24.8. The fourth-order valence-electron chi connectivity index (χ4n) is 3.44. The third-order valence-electron chi connectivity index (χ3n) is 5.01. The minimum Gasteiger partial charge on any atom is -0.444 e. The zero-order valence-electron chi connectivity index (χ0n) is 18.6. The molecule has 1 aliphatic heterocycles. The maximum Gasteiger partial charge on any atom is 0.410 e. The molecule has 1 amide bonds. The van der Waals surface area contributed by atoms with Crippen molar-refractivity contribution in [3.05, 3.63) is 65.5 Å². The topological polar surface area (TPSA) is 77.4 Å². The molecule has 1 fully saturated rings. The Balaban J connectivity index is 1.36. The highest BCUT2D eigenvalue weighted by atomic mass is 35.5. The van der Waals surface area contributed by atoms with Gasteiger partial charge in [-0.2, -0.15) is 0 Å². The van der Waals surface area contributed by atoms with Crippen LogP contribution < -0.4 is 4.74 Å². The molecule has 0 radical (unpaired) electrons. The van der Waals surface area contributed by atoms with E-state index in [1.807, 2.05) is 33.0 Å². The van der Waals surface area contributed by atoms with Crippen LogP contribution in [0.25, 0.3) is 11.1 Å². The van der Waals surface area contributed by atoms with Crippen LogP contribution in [0.3, 0.4) is 0 Å². The van der Waals surface area contributed by atoms with Crippen molar-refractivity contribution in [1.82, 2.24) is 19.9 Å². The molecule has 9 heteroatoms. The zero-order valence-corrected chi connectivity index (χ0v) is 19.3. The van der Waals surface area contributed by atoms with Crippen molar-refractivity contribution in [3.8, 4) is 22.9 Å². The van der Waals surface area contributed by atoms with E-state index in [0.717, 1.165) is 23.1 Å². The molecule has 0 unspecified atom stereocenters. The Labute approximate surface area is 196 Å². The van der Waals surface area contributed by atoms with Crippen LogP contribution in [0.1, 0.15) is 26.3 Å². The van der Waals surface area contributed by atoms with Gasteiger partial charge in [-0.05, 0) is 56.9 Å². The van der Waals surface area contributed by atoms with Gasteiger partial charge in [0.25, 0.3) is 0 Å². The number of benzene rings is 1. The molecule has 0 saturated carbocycles. The summed E-state index contributed by atoms with van der Waals surface area (Å²) in [6.45, 7) is 6.90. The highest BCUT2D eigenvalue weighted by Crippen LogP contribution is 2.28. The lowest BCUT2D eigenvalue weighted by atomic mass is 9.92. The number of carbonyl (C=O) groups is 1. The van der Waals surface area contributed by atoms with E-state index in [1.165, 1.54) is 12.1 Å². The Bertz CT molecular complexity index is 1150. The fourth-order valence-corrected chi connectivity index (χ4v) is 3.61. The van der Waals surface area contributed by atoms with Gasteiger partial charge in [0.1, 0.15) is 5.60 Å². The second-order valence-electron chi connectivity index (χ2n) is 8.95. The summed E-state index contributed by atoms with van der Waals surface area (Å²) in [5, 5.41) is -0.0345. The highest BCUT2D eigenvalue weighted by Gasteiger charge is 2.33. The minimum absolute atomic E-state index is 0.0146. The molecule has 7 nitrogen and oxygen atoms in total. The van der Waals surface area contributed by atoms with Crippen molar-refractivity contribution >= 4 is 17.7 Å². The lowest BCUT2D eigenvalue weighted by Crippen LogP contribution is -2.52. The number of amides is 1. The van der Waals surface area contributed by atoms with E-state index < -0.39 is 11.4 Å². The van der Waals surface area contributed by atoms with Crippen molar-refractivity contribution in [1.29, 1.82) is 0 Å². The number of rotatable bonds is 5. The highest BCUT2D eigenvalue weighted by molar-refractivity contribution is 6.30. The van der Waals surface area contributed by atoms with Crippen LogP contribution in [0.15, 0.2) is 49.1 Å². The first kappa shape index (κ1) is 22.9. The van der Waals surface area contributed by atoms with Gasteiger partial charge < -0.3 is 14.4 Å². The third-order valence-corrected chi connectivity index (χ3v) is 5.30. The van der Waals surface area contributed by atoms with Gasteiger partial charge in [0.2, 0.25) is 0 Å². The average molecular weight is 471 g/mol. The lowest BCUT2D eigenvalue weighted by molar-refractivity contribution is -0.000887. The summed E-state index contributed by atoms with van der Waals surface area (Å²) in [7, 11) is 0. The number of hydrogen-bond acceptors (Lipinski definition) is 6. The van der Waals surface area contributed by atoms with Crippen molar-refractivity contribution in [3.63, 3.8) is 0 Å².